The molecule has 0 radical (unpaired) electrons. The fourth-order valence-electron chi connectivity index (χ4n) is 2.30. The van der Waals surface area contributed by atoms with Crippen LogP contribution in [-0.2, 0) is 6.54 Å². The standard InChI is InChI=1S/C12H21N3S.ClH/c1-9-10(16-8-14-9)6-15-5-4-11(13)12(2,3)7-15;/h8,11H,4-7,13H2,1-3H3;1H. The molecule has 1 aliphatic heterocycles. The van der Waals surface area contributed by atoms with E-state index in [1.165, 1.54) is 10.6 Å². The van der Waals surface area contributed by atoms with Crippen molar-refractivity contribution in [3.63, 3.8) is 0 Å². The zero-order chi connectivity index (χ0) is 11.8. The van der Waals surface area contributed by atoms with Gasteiger partial charge in [0.25, 0.3) is 0 Å². The highest BCUT2D eigenvalue weighted by Gasteiger charge is 2.33. The van der Waals surface area contributed by atoms with Crippen LogP contribution in [0, 0.1) is 12.3 Å². The SMILES string of the molecule is Cc1ncsc1CN1CCC(N)C(C)(C)C1.Cl. The van der Waals surface area contributed by atoms with Gasteiger partial charge in [-0.25, -0.2) is 4.98 Å². The number of halogens is 1. The van der Waals surface area contributed by atoms with Crippen LogP contribution in [0.25, 0.3) is 0 Å². The number of aromatic nitrogens is 1. The van der Waals surface area contributed by atoms with Crippen LogP contribution in [0.5, 0.6) is 0 Å². The largest absolute Gasteiger partial charge is 0.327 e. The first-order valence-electron chi connectivity index (χ1n) is 5.86. The van der Waals surface area contributed by atoms with Gasteiger partial charge >= 0.3 is 0 Å². The van der Waals surface area contributed by atoms with Gasteiger partial charge in [0.1, 0.15) is 0 Å². The summed E-state index contributed by atoms with van der Waals surface area (Å²) in [7, 11) is 0. The third-order valence-electron chi connectivity index (χ3n) is 3.60. The van der Waals surface area contributed by atoms with Gasteiger partial charge < -0.3 is 5.73 Å². The van der Waals surface area contributed by atoms with E-state index in [2.05, 4.69) is 30.7 Å². The molecule has 0 bridgehead atoms. The Morgan fingerprint density at radius 2 is 2.29 bits per heavy atom. The summed E-state index contributed by atoms with van der Waals surface area (Å²) in [6.45, 7) is 9.86. The monoisotopic (exact) mass is 275 g/mol. The Kier molecular flexibility index (Phi) is 4.95. The van der Waals surface area contributed by atoms with Crippen molar-refractivity contribution in [1.29, 1.82) is 0 Å². The topological polar surface area (TPSA) is 42.2 Å². The smallest absolute Gasteiger partial charge is 0.0798 e. The van der Waals surface area contributed by atoms with E-state index in [0.29, 0.717) is 6.04 Å². The number of rotatable bonds is 2. The molecule has 0 spiro atoms. The summed E-state index contributed by atoms with van der Waals surface area (Å²) in [5, 5.41) is 0. The lowest BCUT2D eigenvalue weighted by Gasteiger charge is -2.42. The van der Waals surface area contributed by atoms with Gasteiger partial charge in [-0.2, -0.15) is 0 Å². The molecular formula is C12H22ClN3S. The van der Waals surface area contributed by atoms with Crippen molar-refractivity contribution >= 4 is 23.7 Å². The normalized spacial score (nSPS) is 24.4. The lowest BCUT2D eigenvalue weighted by Crippen LogP contribution is -2.52. The lowest BCUT2D eigenvalue weighted by atomic mass is 9.80. The lowest BCUT2D eigenvalue weighted by molar-refractivity contribution is 0.0905. The number of piperidine rings is 1. The molecule has 2 heterocycles. The van der Waals surface area contributed by atoms with Crippen molar-refractivity contribution in [3.8, 4) is 0 Å². The number of nitrogens with two attached hydrogens (primary N) is 1. The van der Waals surface area contributed by atoms with Gasteiger partial charge in [0, 0.05) is 30.6 Å². The molecule has 1 saturated heterocycles. The van der Waals surface area contributed by atoms with Crippen molar-refractivity contribution in [1.82, 2.24) is 9.88 Å². The number of hydrogen-bond donors (Lipinski definition) is 1. The van der Waals surface area contributed by atoms with Crippen molar-refractivity contribution in [2.75, 3.05) is 13.1 Å². The molecule has 0 aromatic carbocycles. The summed E-state index contributed by atoms with van der Waals surface area (Å²) in [5.74, 6) is 0. The number of likely N-dealkylation sites (tertiary alicyclic amines) is 1. The molecule has 3 nitrogen and oxygen atoms in total. The average Bonchev–Trinajstić information content (AvgIpc) is 2.58. The predicted octanol–water partition coefficient (Wildman–Crippen LogP) is 2.43. The molecule has 1 fully saturated rings. The van der Waals surface area contributed by atoms with Gasteiger partial charge in [-0.15, -0.1) is 23.7 Å². The van der Waals surface area contributed by atoms with Gasteiger partial charge in [0.05, 0.1) is 11.2 Å². The van der Waals surface area contributed by atoms with Crippen LogP contribution >= 0.6 is 23.7 Å². The maximum atomic E-state index is 6.14. The summed E-state index contributed by atoms with van der Waals surface area (Å²) in [4.78, 5) is 8.20. The summed E-state index contributed by atoms with van der Waals surface area (Å²) < 4.78 is 0. The molecule has 1 aromatic heterocycles. The molecule has 1 aliphatic rings. The first-order valence-corrected chi connectivity index (χ1v) is 6.74. The molecule has 0 aliphatic carbocycles. The maximum absolute atomic E-state index is 6.14. The second-order valence-electron chi connectivity index (χ2n) is 5.46. The molecule has 1 unspecified atom stereocenters. The quantitative estimate of drug-likeness (QED) is 0.901. The fraction of sp³-hybridized carbons (Fsp3) is 0.750. The summed E-state index contributed by atoms with van der Waals surface area (Å²) >= 11 is 1.76. The highest BCUT2D eigenvalue weighted by molar-refractivity contribution is 7.09. The zero-order valence-corrected chi connectivity index (χ0v) is 12.4. The number of hydrogen-bond acceptors (Lipinski definition) is 4. The molecule has 1 aromatic rings. The zero-order valence-electron chi connectivity index (χ0n) is 10.8. The van der Waals surface area contributed by atoms with E-state index in [0.717, 1.165) is 26.1 Å². The minimum Gasteiger partial charge on any atom is -0.327 e. The van der Waals surface area contributed by atoms with Crippen LogP contribution < -0.4 is 5.73 Å². The first kappa shape index (κ1) is 14.9. The minimum atomic E-state index is 0. The fourth-order valence-corrected chi connectivity index (χ4v) is 3.12. The van der Waals surface area contributed by atoms with E-state index in [4.69, 9.17) is 5.73 Å². The Balaban J connectivity index is 0.00000144. The molecule has 98 valence electrons. The molecule has 1 atom stereocenters. The maximum Gasteiger partial charge on any atom is 0.0798 e. The third-order valence-corrected chi connectivity index (χ3v) is 4.52. The molecule has 17 heavy (non-hydrogen) atoms. The molecule has 2 N–H and O–H groups in total. The molecule has 0 saturated carbocycles. The van der Waals surface area contributed by atoms with Crippen LogP contribution in [0.2, 0.25) is 0 Å². The Hall–Kier alpha value is -0.160. The van der Waals surface area contributed by atoms with E-state index in [9.17, 15) is 0 Å². The highest BCUT2D eigenvalue weighted by atomic mass is 35.5. The Bertz CT molecular complexity index is 364. The first-order chi connectivity index (χ1) is 7.49. The Labute approximate surface area is 114 Å². The number of aryl methyl sites for hydroxylation is 1. The molecule has 0 amide bonds. The highest BCUT2D eigenvalue weighted by Crippen LogP contribution is 2.29. The average molecular weight is 276 g/mol. The molecule has 2 rings (SSSR count). The summed E-state index contributed by atoms with van der Waals surface area (Å²) in [6.07, 6.45) is 1.10. The van der Waals surface area contributed by atoms with Gasteiger partial charge in [0.2, 0.25) is 0 Å². The van der Waals surface area contributed by atoms with E-state index >= 15 is 0 Å². The Morgan fingerprint density at radius 1 is 1.59 bits per heavy atom. The van der Waals surface area contributed by atoms with Gasteiger partial charge in [-0.1, -0.05) is 13.8 Å². The molecular weight excluding hydrogens is 254 g/mol. The van der Waals surface area contributed by atoms with E-state index in [-0.39, 0.29) is 17.8 Å². The van der Waals surface area contributed by atoms with Crippen molar-refractivity contribution in [3.05, 3.63) is 16.1 Å². The third kappa shape index (κ3) is 3.41. The van der Waals surface area contributed by atoms with Crippen molar-refractivity contribution < 1.29 is 0 Å². The summed E-state index contributed by atoms with van der Waals surface area (Å²) in [6, 6.07) is 0.339. The van der Waals surface area contributed by atoms with E-state index in [1.807, 2.05) is 5.51 Å². The van der Waals surface area contributed by atoms with E-state index in [1.54, 1.807) is 11.3 Å². The second-order valence-corrected chi connectivity index (χ2v) is 6.39. The van der Waals surface area contributed by atoms with Gasteiger partial charge in [-0.05, 0) is 18.8 Å². The van der Waals surface area contributed by atoms with Crippen LogP contribution in [0.4, 0.5) is 0 Å². The van der Waals surface area contributed by atoms with E-state index < -0.39 is 0 Å². The summed E-state index contributed by atoms with van der Waals surface area (Å²) in [5.41, 5.74) is 9.49. The van der Waals surface area contributed by atoms with Crippen LogP contribution in [-0.4, -0.2) is 29.0 Å². The second kappa shape index (κ2) is 5.65. The minimum absolute atomic E-state index is 0. The number of nitrogens with zero attached hydrogens (tertiary/aromatic N) is 2. The predicted molar refractivity (Wildman–Crippen MR) is 75.7 cm³/mol. The van der Waals surface area contributed by atoms with Crippen molar-refractivity contribution in [2.24, 2.45) is 11.1 Å². The van der Waals surface area contributed by atoms with Crippen LogP contribution in [0.3, 0.4) is 0 Å². The number of thiazole rings is 1. The van der Waals surface area contributed by atoms with Gasteiger partial charge in [-0.3, -0.25) is 4.90 Å². The Morgan fingerprint density at radius 3 is 2.82 bits per heavy atom. The van der Waals surface area contributed by atoms with Crippen LogP contribution in [0.1, 0.15) is 30.8 Å². The molecule has 5 heteroatoms. The van der Waals surface area contributed by atoms with Crippen LogP contribution in [0.15, 0.2) is 5.51 Å². The van der Waals surface area contributed by atoms with Gasteiger partial charge in [0.15, 0.2) is 0 Å². The van der Waals surface area contributed by atoms with Crippen molar-refractivity contribution in [2.45, 2.75) is 39.8 Å².